The number of halogens is 5. The second-order valence-corrected chi connectivity index (χ2v) is 5.28. The van der Waals surface area contributed by atoms with E-state index in [1.54, 1.807) is 0 Å². The summed E-state index contributed by atoms with van der Waals surface area (Å²) in [6.45, 7) is -4.17. The minimum absolute atomic E-state index is 0.0652. The van der Waals surface area contributed by atoms with E-state index in [0.29, 0.717) is 15.0 Å². The van der Waals surface area contributed by atoms with E-state index in [1.165, 1.54) is 24.3 Å². The highest BCUT2D eigenvalue weighted by Gasteiger charge is 2.52. The zero-order chi connectivity index (χ0) is 16.4. The smallest absolute Gasteiger partial charge is 0.396 e. The fourth-order valence-corrected chi connectivity index (χ4v) is 3.03. The third-order valence-electron chi connectivity index (χ3n) is 4.03. The van der Waals surface area contributed by atoms with Crippen molar-refractivity contribution in [2.45, 2.75) is 0 Å². The summed E-state index contributed by atoms with van der Waals surface area (Å²) >= 11 is 0. The molecule has 2 nitrogen and oxygen atoms in total. The molecule has 2 aromatic rings. The molecule has 0 atom stereocenters. The molecule has 0 N–H and O–H groups in total. The zero-order valence-electron chi connectivity index (χ0n) is 11.5. The highest BCUT2D eigenvalue weighted by Crippen LogP contribution is 2.40. The van der Waals surface area contributed by atoms with E-state index in [-0.39, 0.29) is 17.0 Å². The van der Waals surface area contributed by atoms with Crippen molar-refractivity contribution in [2.24, 2.45) is 0 Å². The summed E-state index contributed by atoms with van der Waals surface area (Å²) in [6, 6.07) is 4.12. The number of benzene rings is 1. The minimum Gasteiger partial charge on any atom is -0.396 e. The Morgan fingerprint density at radius 1 is 1.00 bits per heavy atom. The highest BCUT2D eigenvalue weighted by molar-refractivity contribution is 6.57. The second kappa shape index (κ2) is 4.44. The molecule has 2 aliphatic rings. The van der Waals surface area contributed by atoms with Crippen LogP contribution < -0.4 is 0 Å². The lowest BCUT2D eigenvalue weighted by Crippen LogP contribution is -2.49. The van der Waals surface area contributed by atoms with Gasteiger partial charge >= 0.3 is 6.97 Å². The quantitative estimate of drug-likeness (QED) is 0.431. The molecular weight excluding hydrogens is 314 g/mol. The van der Waals surface area contributed by atoms with Gasteiger partial charge in [-0.25, -0.2) is 13.2 Å². The Labute approximate surface area is 127 Å². The molecule has 1 aromatic carbocycles. The highest BCUT2D eigenvalue weighted by atomic mass is 19.2. The van der Waals surface area contributed by atoms with Crippen molar-refractivity contribution >= 4 is 18.8 Å². The van der Waals surface area contributed by atoms with Gasteiger partial charge in [0.05, 0.1) is 11.1 Å². The maximum atomic E-state index is 14.5. The lowest BCUT2D eigenvalue weighted by molar-refractivity contribution is -0.356. The Morgan fingerprint density at radius 2 is 1.74 bits per heavy atom. The summed E-state index contributed by atoms with van der Waals surface area (Å²) in [5, 5.41) is 0. The molecule has 0 aliphatic carbocycles. The first-order valence-electron chi connectivity index (χ1n) is 6.80. The summed E-state index contributed by atoms with van der Waals surface area (Å²) < 4.78 is 72.3. The van der Waals surface area contributed by atoms with Gasteiger partial charge in [-0.15, -0.1) is 0 Å². The van der Waals surface area contributed by atoms with Crippen molar-refractivity contribution in [1.29, 1.82) is 0 Å². The van der Waals surface area contributed by atoms with Crippen LogP contribution in [0, 0.1) is 17.5 Å². The molecule has 4 rings (SSSR count). The molecule has 0 unspecified atom stereocenters. The van der Waals surface area contributed by atoms with Crippen LogP contribution in [0.15, 0.2) is 48.3 Å². The average molecular weight is 322 g/mol. The van der Waals surface area contributed by atoms with Crippen LogP contribution in [0.3, 0.4) is 0 Å². The van der Waals surface area contributed by atoms with E-state index >= 15 is 0 Å². The molecule has 0 saturated heterocycles. The van der Waals surface area contributed by atoms with Gasteiger partial charge in [-0.1, -0.05) is 0 Å². The first-order chi connectivity index (χ1) is 10.9. The molecule has 0 spiro atoms. The van der Waals surface area contributed by atoms with E-state index in [1.807, 2.05) is 0 Å². The fourth-order valence-electron chi connectivity index (χ4n) is 3.03. The van der Waals surface area contributed by atoms with Crippen molar-refractivity contribution in [3.8, 4) is 0 Å². The van der Waals surface area contributed by atoms with E-state index in [9.17, 15) is 21.8 Å². The number of hydrogen-bond donors (Lipinski definition) is 0. The van der Waals surface area contributed by atoms with E-state index in [2.05, 4.69) is 0 Å². The predicted molar refractivity (Wildman–Crippen MR) is 75.6 cm³/mol. The van der Waals surface area contributed by atoms with Crippen LogP contribution in [0.4, 0.5) is 21.8 Å². The molecule has 0 amide bonds. The van der Waals surface area contributed by atoms with Crippen molar-refractivity contribution in [1.82, 2.24) is 4.48 Å². The zero-order valence-corrected chi connectivity index (χ0v) is 11.5. The molecule has 8 heteroatoms. The van der Waals surface area contributed by atoms with Crippen molar-refractivity contribution in [2.75, 3.05) is 0 Å². The minimum atomic E-state index is -4.17. The number of nitrogens with zero attached hydrogens (tertiary/aromatic N) is 2. The molecule has 0 fully saturated rings. The molecule has 0 radical (unpaired) electrons. The summed E-state index contributed by atoms with van der Waals surface area (Å²) in [5.74, 6) is -3.66. The van der Waals surface area contributed by atoms with Gasteiger partial charge < -0.3 is 17.6 Å². The van der Waals surface area contributed by atoms with Gasteiger partial charge in [0, 0.05) is 17.8 Å². The number of hydrogen-bond acceptors (Lipinski definition) is 0. The molecular formula is C15H8BF5N2. The van der Waals surface area contributed by atoms with Crippen LogP contribution in [-0.4, -0.2) is 22.1 Å². The number of aromatic nitrogens is 1. The number of fused-ring (bicyclic) bond motifs is 2. The predicted octanol–water partition coefficient (Wildman–Crippen LogP) is 3.55. The second-order valence-electron chi connectivity index (χ2n) is 5.28. The fraction of sp³-hybridized carbons (Fsp3) is 0. The number of rotatable bonds is 1. The SMILES string of the molecule is Fc1ccc(F)c(C2=C3C=CC=[N+]3[B-](F)(F)n3cccc32)c1F. The molecule has 0 saturated carbocycles. The normalized spacial score (nSPS) is 18.0. The van der Waals surface area contributed by atoms with Crippen LogP contribution in [0.5, 0.6) is 0 Å². The van der Waals surface area contributed by atoms with Crippen LogP contribution in [0.1, 0.15) is 11.3 Å². The van der Waals surface area contributed by atoms with Crippen molar-refractivity contribution in [3.05, 3.63) is 77.0 Å². The van der Waals surface area contributed by atoms with Gasteiger partial charge in [0.2, 0.25) is 0 Å². The van der Waals surface area contributed by atoms with E-state index in [4.69, 9.17) is 0 Å². The lowest BCUT2D eigenvalue weighted by atomic mass is 9.86. The van der Waals surface area contributed by atoms with Gasteiger partial charge in [0.15, 0.2) is 17.3 Å². The third kappa shape index (κ3) is 1.71. The van der Waals surface area contributed by atoms with Crippen LogP contribution >= 0.6 is 0 Å². The topological polar surface area (TPSA) is 7.94 Å². The van der Waals surface area contributed by atoms with Crippen molar-refractivity contribution in [3.63, 3.8) is 0 Å². The standard InChI is InChI=1S/C15H8BF5N2/c17-9-5-6-10(18)15(19)13(9)14-11-3-1-7-22(11)16(20,21)23-8-2-4-12(14)23/h1-8H. The third-order valence-corrected chi connectivity index (χ3v) is 4.03. The van der Waals surface area contributed by atoms with Gasteiger partial charge in [0.1, 0.15) is 12.0 Å². The molecule has 1 aromatic heterocycles. The van der Waals surface area contributed by atoms with Gasteiger partial charge in [-0.05, 0) is 30.5 Å². The summed E-state index contributed by atoms with van der Waals surface area (Å²) in [7, 11) is 0. The first-order valence-corrected chi connectivity index (χ1v) is 6.80. The molecule has 2 aliphatic heterocycles. The Morgan fingerprint density at radius 3 is 2.52 bits per heavy atom. The van der Waals surface area contributed by atoms with Crippen molar-refractivity contribution < 1.29 is 26.3 Å². The first kappa shape index (κ1) is 14.0. The maximum absolute atomic E-state index is 14.5. The monoisotopic (exact) mass is 322 g/mol. The van der Waals surface area contributed by atoms with E-state index in [0.717, 1.165) is 18.5 Å². The van der Waals surface area contributed by atoms with Gasteiger partial charge in [-0.2, -0.15) is 0 Å². The summed E-state index contributed by atoms with van der Waals surface area (Å²) in [5.41, 5.74) is -0.896. The largest absolute Gasteiger partial charge is 0.737 e. The Bertz CT molecular complexity index is 939. The average Bonchev–Trinajstić information content (AvgIpc) is 3.16. The molecule has 3 heterocycles. The van der Waals surface area contributed by atoms with E-state index < -0.39 is 30.0 Å². The van der Waals surface area contributed by atoms with Gasteiger partial charge in [0.25, 0.3) is 0 Å². The Kier molecular flexibility index (Phi) is 2.70. The number of allylic oxidation sites excluding steroid dienone is 2. The molecule has 23 heavy (non-hydrogen) atoms. The molecule has 116 valence electrons. The summed E-state index contributed by atoms with van der Waals surface area (Å²) in [6.07, 6.45) is 4.94. The molecule has 0 bridgehead atoms. The van der Waals surface area contributed by atoms with Crippen LogP contribution in [0.25, 0.3) is 5.57 Å². The van der Waals surface area contributed by atoms with Crippen LogP contribution in [0.2, 0.25) is 0 Å². The van der Waals surface area contributed by atoms with Crippen LogP contribution in [-0.2, 0) is 0 Å². The maximum Gasteiger partial charge on any atom is 0.737 e. The van der Waals surface area contributed by atoms with Gasteiger partial charge in [-0.3, -0.25) is 0 Å². The Hall–Kier alpha value is -2.64. The lowest BCUT2D eigenvalue weighted by Gasteiger charge is -2.31. The Balaban J connectivity index is 2.13. The summed E-state index contributed by atoms with van der Waals surface area (Å²) in [4.78, 5) is 0.